The quantitative estimate of drug-likeness (QED) is 0.670. The standard InChI is InChI=1S/C19H30O3/c1-6-8-9-10-19(3,4)16-12-14(13-17(20)21)11-15(7-2)18(16)22-5/h11-12H,6-10,13H2,1-5H3,(H,20,21). The summed E-state index contributed by atoms with van der Waals surface area (Å²) in [6.45, 7) is 8.74. The first-order valence-electron chi connectivity index (χ1n) is 8.27. The van der Waals surface area contributed by atoms with Gasteiger partial charge in [-0.3, -0.25) is 4.79 Å². The fraction of sp³-hybridized carbons (Fsp3) is 0.632. The van der Waals surface area contributed by atoms with Gasteiger partial charge in [-0.15, -0.1) is 0 Å². The Morgan fingerprint density at radius 2 is 1.91 bits per heavy atom. The van der Waals surface area contributed by atoms with Crippen molar-refractivity contribution in [3.8, 4) is 5.75 Å². The molecule has 3 heteroatoms. The second-order valence-electron chi connectivity index (χ2n) is 6.60. The van der Waals surface area contributed by atoms with Crippen molar-refractivity contribution in [2.24, 2.45) is 0 Å². The molecule has 1 aromatic rings. The summed E-state index contributed by atoms with van der Waals surface area (Å²) in [6, 6.07) is 4.00. The van der Waals surface area contributed by atoms with Gasteiger partial charge in [0, 0.05) is 5.56 Å². The number of carboxylic acid groups (broad SMARTS) is 1. The molecule has 0 aliphatic heterocycles. The van der Waals surface area contributed by atoms with E-state index < -0.39 is 5.97 Å². The van der Waals surface area contributed by atoms with E-state index in [4.69, 9.17) is 9.84 Å². The lowest BCUT2D eigenvalue weighted by atomic mass is 9.77. The van der Waals surface area contributed by atoms with Gasteiger partial charge in [0.1, 0.15) is 5.75 Å². The van der Waals surface area contributed by atoms with E-state index in [2.05, 4.69) is 27.7 Å². The Morgan fingerprint density at radius 3 is 2.41 bits per heavy atom. The lowest BCUT2D eigenvalue weighted by Gasteiger charge is -2.29. The Labute approximate surface area is 134 Å². The molecule has 1 aromatic carbocycles. The molecule has 0 amide bonds. The fourth-order valence-corrected chi connectivity index (χ4v) is 2.99. The predicted octanol–water partition coefficient (Wildman–Crippen LogP) is 4.74. The molecule has 0 saturated carbocycles. The van der Waals surface area contributed by atoms with Crippen LogP contribution in [0, 0.1) is 0 Å². The van der Waals surface area contributed by atoms with Crippen LogP contribution >= 0.6 is 0 Å². The average molecular weight is 306 g/mol. The van der Waals surface area contributed by atoms with Crippen LogP contribution in [0.25, 0.3) is 0 Å². The number of ether oxygens (including phenoxy) is 1. The lowest BCUT2D eigenvalue weighted by molar-refractivity contribution is -0.136. The van der Waals surface area contributed by atoms with Crippen molar-refractivity contribution in [1.82, 2.24) is 0 Å². The van der Waals surface area contributed by atoms with Crippen LogP contribution in [0.15, 0.2) is 12.1 Å². The normalized spacial score (nSPS) is 11.5. The highest BCUT2D eigenvalue weighted by Crippen LogP contribution is 2.39. The van der Waals surface area contributed by atoms with E-state index in [0.717, 1.165) is 35.3 Å². The molecule has 0 heterocycles. The SMILES string of the molecule is CCCCCC(C)(C)c1cc(CC(=O)O)cc(CC)c1OC. The van der Waals surface area contributed by atoms with Crippen molar-refractivity contribution in [3.63, 3.8) is 0 Å². The van der Waals surface area contributed by atoms with Gasteiger partial charge in [-0.05, 0) is 29.4 Å². The molecule has 3 nitrogen and oxygen atoms in total. The number of methoxy groups -OCH3 is 1. The highest BCUT2D eigenvalue weighted by atomic mass is 16.5. The summed E-state index contributed by atoms with van der Waals surface area (Å²) in [7, 11) is 1.71. The summed E-state index contributed by atoms with van der Waals surface area (Å²) in [5, 5.41) is 9.09. The zero-order valence-electron chi connectivity index (χ0n) is 14.7. The molecule has 0 unspecified atom stereocenters. The van der Waals surface area contributed by atoms with Gasteiger partial charge in [0.2, 0.25) is 0 Å². The number of carboxylic acids is 1. The molecule has 0 aliphatic carbocycles. The molecule has 22 heavy (non-hydrogen) atoms. The van der Waals surface area contributed by atoms with Gasteiger partial charge in [-0.2, -0.15) is 0 Å². The van der Waals surface area contributed by atoms with Gasteiger partial charge in [-0.1, -0.05) is 59.1 Å². The maximum absolute atomic E-state index is 11.1. The van der Waals surface area contributed by atoms with E-state index in [-0.39, 0.29) is 11.8 Å². The van der Waals surface area contributed by atoms with Crippen LogP contribution in [-0.2, 0) is 23.1 Å². The summed E-state index contributed by atoms with van der Waals surface area (Å²) in [6.07, 6.45) is 5.59. The zero-order chi connectivity index (χ0) is 16.8. The molecule has 0 radical (unpaired) electrons. The van der Waals surface area contributed by atoms with E-state index in [9.17, 15) is 4.79 Å². The third-order valence-electron chi connectivity index (χ3n) is 4.30. The summed E-state index contributed by atoms with van der Waals surface area (Å²) in [4.78, 5) is 11.1. The van der Waals surface area contributed by atoms with Gasteiger partial charge in [0.15, 0.2) is 0 Å². The van der Waals surface area contributed by atoms with E-state index in [1.54, 1.807) is 7.11 Å². The Morgan fingerprint density at radius 1 is 1.23 bits per heavy atom. The smallest absolute Gasteiger partial charge is 0.307 e. The van der Waals surface area contributed by atoms with Crippen molar-refractivity contribution in [3.05, 3.63) is 28.8 Å². The van der Waals surface area contributed by atoms with Crippen molar-refractivity contribution >= 4 is 5.97 Å². The van der Waals surface area contributed by atoms with Gasteiger partial charge in [0.25, 0.3) is 0 Å². The van der Waals surface area contributed by atoms with Crippen LogP contribution in [-0.4, -0.2) is 18.2 Å². The molecule has 0 aliphatic rings. The number of rotatable bonds is 9. The van der Waals surface area contributed by atoms with E-state index in [1.807, 2.05) is 12.1 Å². The molecule has 0 fully saturated rings. The van der Waals surface area contributed by atoms with Crippen LogP contribution in [0.1, 0.15) is 70.1 Å². The molecular weight excluding hydrogens is 276 g/mol. The number of aryl methyl sites for hydroxylation is 1. The average Bonchev–Trinajstić information content (AvgIpc) is 2.45. The lowest BCUT2D eigenvalue weighted by Crippen LogP contribution is -2.20. The topological polar surface area (TPSA) is 46.5 Å². The highest BCUT2D eigenvalue weighted by molar-refractivity contribution is 5.70. The number of hydrogen-bond acceptors (Lipinski definition) is 2. The molecule has 0 bridgehead atoms. The first-order chi connectivity index (χ1) is 10.4. The van der Waals surface area contributed by atoms with Gasteiger partial charge in [0.05, 0.1) is 13.5 Å². The Balaban J connectivity index is 3.25. The first kappa shape index (κ1) is 18.5. The molecule has 0 aromatic heterocycles. The largest absolute Gasteiger partial charge is 0.496 e. The first-order valence-corrected chi connectivity index (χ1v) is 8.27. The van der Waals surface area contributed by atoms with Crippen LogP contribution in [0.4, 0.5) is 0 Å². The monoisotopic (exact) mass is 306 g/mol. The Kier molecular flexibility index (Phi) is 6.92. The van der Waals surface area contributed by atoms with Gasteiger partial charge >= 0.3 is 5.97 Å². The third-order valence-corrected chi connectivity index (χ3v) is 4.30. The molecule has 0 spiro atoms. The third kappa shape index (κ3) is 4.75. The van der Waals surface area contributed by atoms with E-state index in [0.29, 0.717) is 0 Å². The Hall–Kier alpha value is -1.51. The van der Waals surface area contributed by atoms with Crippen molar-refractivity contribution in [2.75, 3.05) is 7.11 Å². The molecule has 0 atom stereocenters. The molecule has 124 valence electrons. The number of benzene rings is 1. The molecule has 1 rings (SSSR count). The van der Waals surface area contributed by atoms with E-state index >= 15 is 0 Å². The van der Waals surface area contributed by atoms with Crippen molar-refractivity contribution < 1.29 is 14.6 Å². The predicted molar refractivity (Wildman–Crippen MR) is 90.9 cm³/mol. The summed E-state index contributed by atoms with van der Waals surface area (Å²) in [5.41, 5.74) is 3.09. The van der Waals surface area contributed by atoms with Crippen molar-refractivity contribution in [1.29, 1.82) is 0 Å². The maximum Gasteiger partial charge on any atom is 0.307 e. The van der Waals surface area contributed by atoms with Crippen LogP contribution < -0.4 is 4.74 Å². The Bertz CT molecular complexity index is 504. The minimum Gasteiger partial charge on any atom is -0.496 e. The summed E-state index contributed by atoms with van der Waals surface area (Å²) >= 11 is 0. The summed E-state index contributed by atoms with van der Waals surface area (Å²) in [5.74, 6) is 0.139. The van der Waals surface area contributed by atoms with E-state index in [1.165, 1.54) is 19.3 Å². The fourth-order valence-electron chi connectivity index (χ4n) is 2.99. The number of hydrogen-bond donors (Lipinski definition) is 1. The van der Waals surface area contributed by atoms with Crippen LogP contribution in [0.3, 0.4) is 0 Å². The minimum absolute atomic E-state index is 0.0149. The van der Waals surface area contributed by atoms with Gasteiger partial charge in [-0.25, -0.2) is 0 Å². The maximum atomic E-state index is 11.1. The zero-order valence-corrected chi connectivity index (χ0v) is 14.7. The van der Waals surface area contributed by atoms with Crippen LogP contribution in [0.2, 0.25) is 0 Å². The molecule has 1 N–H and O–H groups in total. The molecular formula is C19H30O3. The number of aliphatic carboxylic acids is 1. The second kappa shape index (κ2) is 8.21. The summed E-state index contributed by atoms with van der Waals surface area (Å²) < 4.78 is 5.67. The van der Waals surface area contributed by atoms with Crippen molar-refractivity contribution in [2.45, 2.75) is 71.6 Å². The van der Waals surface area contributed by atoms with Crippen LogP contribution in [0.5, 0.6) is 5.75 Å². The molecule has 0 saturated heterocycles. The minimum atomic E-state index is -0.790. The number of carbonyl (C=O) groups is 1. The second-order valence-corrected chi connectivity index (χ2v) is 6.60. The van der Waals surface area contributed by atoms with Gasteiger partial charge < -0.3 is 9.84 Å². The number of unbranched alkanes of at least 4 members (excludes halogenated alkanes) is 2. The highest BCUT2D eigenvalue weighted by Gasteiger charge is 2.26.